The van der Waals surface area contributed by atoms with E-state index >= 15 is 0 Å². The number of nitrogens with zero attached hydrogens (tertiary/aromatic N) is 1. The van der Waals surface area contributed by atoms with Crippen LogP contribution < -0.4 is 5.32 Å². The molecular formula is C10H26N2O2Si. The monoisotopic (exact) mass is 234 g/mol. The first-order valence-electron chi connectivity index (χ1n) is 5.61. The summed E-state index contributed by atoms with van der Waals surface area (Å²) in [6, 6.07) is 1.11. The molecule has 1 N–H and O–H groups in total. The van der Waals surface area contributed by atoms with Gasteiger partial charge in [-0.2, -0.15) is 0 Å². The van der Waals surface area contributed by atoms with Crippen molar-refractivity contribution < 1.29 is 8.85 Å². The summed E-state index contributed by atoms with van der Waals surface area (Å²) in [4.78, 5) is 2.19. The van der Waals surface area contributed by atoms with E-state index in [1.807, 2.05) is 0 Å². The van der Waals surface area contributed by atoms with Gasteiger partial charge in [-0.1, -0.05) is 6.42 Å². The highest BCUT2D eigenvalue weighted by Crippen LogP contribution is 2.01. The summed E-state index contributed by atoms with van der Waals surface area (Å²) in [6.07, 6.45) is 2.41. The topological polar surface area (TPSA) is 33.7 Å². The fourth-order valence-electron chi connectivity index (χ4n) is 1.32. The number of rotatable bonds is 10. The van der Waals surface area contributed by atoms with Gasteiger partial charge in [-0.15, -0.1) is 0 Å². The van der Waals surface area contributed by atoms with E-state index in [-0.39, 0.29) is 0 Å². The number of hydrogen-bond acceptors (Lipinski definition) is 4. The Balaban J connectivity index is 3.10. The predicted molar refractivity (Wildman–Crippen MR) is 66.6 cm³/mol. The number of nitrogens with one attached hydrogen (secondary N) is 1. The Morgan fingerprint density at radius 3 is 2.27 bits per heavy atom. The Bertz CT molecular complexity index is 133. The number of hydrogen-bond donors (Lipinski definition) is 1. The average Bonchev–Trinajstić information content (AvgIpc) is 2.22. The summed E-state index contributed by atoms with van der Waals surface area (Å²) in [5, 5.41) is 3.42. The van der Waals surface area contributed by atoms with Gasteiger partial charge in [-0.05, 0) is 33.1 Å². The van der Waals surface area contributed by atoms with E-state index in [1.165, 1.54) is 12.8 Å². The summed E-state index contributed by atoms with van der Waals surface area (Å²) < 4.78 is 10.5. The van der Waals surface area contributed by atoms with Gasteiger partial charge in [0.1, 0.15) is 0 Å². The molecule has 0 rings (SSSR count). The summed E-state index contributed by atoms with van der Waals surface area (Å²) >= 11 is 0. The predicted octanol–water partition coefficient (Wildman–Crippen LogP) is 0.431. The van der Waals surface area contributed by atoms with Crippen LogP contribution in [-0.2, 0) is 8.85 Å². The third-order valence-electron chi connectivity index (χ3n) is 2.30. The highest BCUT2D eigenvalue weighted by atomic mass is 28.3. The Labute approximate surface area is 95.8 Å². The lowest BCUT2D eigenvalue weighted by Gasteiger charge is -2.11. The fraction of sp³-hybridized carbons (Fsp3) is 1.00. The lowest BCUT2D eigenvalue weighted by atomic mass is 10.3. The van der Waals surface area contributed by atoms with E-state index in [4.69, 9.17) is 8.85 Å². The van der Waals surface area contributed by atoms with Crippen molar-refractivity contribution in [2.24, 2.45) is 0 Å². The molecule has 0 fully saturated rings. The SMILES string of the molecule is CO[SiH](CCCCNCCN(C)C)OC. The third-order valence-corrected chi connectivity index (χ3v) is 4.24. The second-order valence-corrected chi connectivity index (χ2v) is 6.33. The van der Waals surface area contributed by atoms with E-state index in [0.717, 1.165) is 25.7 Å². The smallest absolute Gasteiger partial charge is 0.320 e. The van der Waals surface area contributed by atoms with Crippen molar-refractivity contribution in [3.63, 3.8) is 0 Å². The molecule has 15 heavy (non-hydrogen) atoms. The first-order chi connectivity index (χ1) is 7.20. The van der Waals surface area contributed by atoms with Crippen molar-refractivity contribution in [1.82, 2.24) is 10.2 Å². The van der Waals surface area contributed by atoms with E-state index in [2.05, 4.69) is 24.3 Å². The maximum atomic E-state index is 5.25. The van der Waals surface area contributed by atoms with Gasteiger partial charge in [0, 0.05) is 27.3 Å². The van der Waals surface area contributed by atoms with Crippen molar-refractivity contribution in [1.29, 1.82) is 0 Å². The van der Waals surface area contributed by atoms with Gasteiger partial charge in [0.25, 0.3) is 0 Å². The Morgan fingerprint density at radius 2 is 1.73 bits per heavy atom. The van der Waals surface area contributed by atoms with Crippen LogP contribution in [0.1, 0.15) is 12.8 Å². The molecule has 0 aromatic rings. The van der Waals surface area contributed by atoms with E-state index in [9.17, 15) is 0 Å². The molecule has 0 unspecified atom stereocenters. The molecular weight excluding hydrogens is 208 g/mol. The lowest BCUT2D eigenvalue weighted by Crippen LogP contribution is -2.27. The highest BCUT2D eigenvalue weighted by Gasteiger charge is 2.07. The first-order valence-corrected chi connectivity index (χ1v) is 7.37. The van der Waals surface area contributed by atoms with Gasteiger partial charge in [-0.25, -0.2) is 0 Å². The first kappa shape index (κ1) is 15.1. The van der Waals surface area contributed by atoms with Crippen LogP contribution in [0.15, 0.2) is 0 Å². The Kier molecular flexibility index (Phi) is 10.6. The van der Waals surface area contributed by atoms with E-state index in [0.29, 0.717) is 0 Å². The largest absolute Gasteiger partial charge is 0.400 e. The third kappa shape index (κ3) is 10.3. The molecule has 0 aromatic heterocycles. The average molecular weight is 234 g/mol. The second-order valence-electron chi connectivity index (χ2n) is 3.95. The van der Waals surface area contributed by atoms with Crippen molar-refractivity contribution in [2.45, 2.75) is 18.9 Å². The lowest BCUT2D eigenvalue weighted by molar-refractivity contribution is 0.276. The van der Waals surface area contributed by atoms with Crippen LogP contribution in [0.5, 0.6) is 0 Å². The molecule has 0 saturated carbocycles. The van der Waals surface area contributed by atoms with Crippen LogP contribution in [0.2, 0.25) is 6.04 Å². The van der Waals surface area contributed by atoms with Crippen LogP contribution in [-0.4, -0.2) is 62.1 Å². The van der Waals surface area contributed by atoms with Gasteiger partial charge >= 0.3 is 9.28 Å². The minimum absolute atomic E-state index is 1.07. The molecule has 4 nitrogen and oxygen atoms in total. The Morgan fingerprint density at radius 1 is 1.07 bits per heavy atom. The molecule has 5 heteroatoms. The van der Waals surface area contributed by atoms with Gasteiger partial charge in [-0.3, -0.25) is 0 Å². The van der Waals surface area contributed by atoms with E-state index in [1.54, 1.807) is 14.2 Å². The van der Waals surface area contributed by atoms with Crippen LogP contribution in [0.4, 0.5) is 0 Å². The molecule has 0 spiro atoms. The van der Waals surface area contributed by atoms with Crippen LogP contribution in [0, 0.1) is 0 Å². The highest BCUT2D eigenvalue weighted by molar-refractivity contribution is 6.44. The zero-order valence-corrected chi connectivity index (χ0v) is 11.7. The van der Waals surface area contributed by atoms with E-state index < -0.39 is 9.28 Å². The van der Waals surface area contributed by atoms with Crippen molar-refractivity contribution in [2.75, 3.05) is 47.9 Å². The summed E-state index contributed by atoms with van der Waals surface area (Å²) in [7, 11) is 6.37. The van der Waals surface area contributed by atoms with Gasteiger partial charge < -0.3 is 19.1 Å². The van der Waals surface area contributed by atoms with Crippen LogP contribution in [0.25, 0.3) is 0 Å². The van der Waals surface area contributed by atoms with Crippen molar-refractivity contribution in [3.05, 3.63) is 0 Å². The van der Waals surface area contributed by atoms with Crippen molar-refractivity contribution in [3.8, 4) is 0 Å². The molecule has 0 atom stereocenters. The Hall–Kier alpha value is 0.0569. The molecule has 0 aliphatic heterocycles. The maximum Gasteiger partial charge on any atom is 0.320 e. The van der Waals surface area contributed by atoms with Gasteiger partial charge in [0.05, 0.1) is 0 Å². The molecule has 92 valence electrons. The zero-order chi connectivity index (χ0) is 11.5. The molecule has 0 amide bonds. The van der Waals surface area contributed by atoms with Gasteiger partial charge in [0.15, 0.2) is 0 Å². The normalized spacial score (nSPS) is 11.6. The number of unbranched alkanes of at least 4 members (excludes halogenated alkanes) is 1. The van der Waals surface area contributed by atoms with Crippen molar-refractivity contribution >= 4 is 9.28 Å². The molecule has 0 aromatic carbocycles. The van der Waals surface area contributed by atoms with Crippen LogP contribution >= 0.6 is 0 Å². The number of likely N-dealkylation sites (N-methyl/N-ethyl adjacent to an activating group) is 1. The molecule has 0 heterocycles. The zero-order valence-electron chi connectivity index (χ0n) is 10.6. The summed E-state index contributed by atoms with van der Waals surface area (Å²) in [5.74, 6) is 0. The molecule has 0 saturated heterocycles. The molecule has 0 bridgehead atoms. The quantitative estimate of drug-likeness (QED) is 0.439. The maximum absolute atomic E-state index is 5.25. The minimum Gasteiger partial charge on any atom is -0.400 e. The summed E-state index contributed by atoms with van der Waals surface area (Å²) in [5.41, 5.74) is 0. The second kappa shape index (κ2) is 10.6. The minimum atomic E-state index is -1.30. The molecule has 0 radical (unpaired) electrons. The van der Waals surface area contributed by atoms with Gasteiger partial charge in [0.2, 0.25) is 0 Å². The molecule has 0 aliphatic rings. The molecule has 0 aliphatic carbocycles. The van der Waals surface area contributed by atoms with Crippen LogP contribution in [0.3, 0.4) is 0 Å². The standard InChI is InChI=1S/C10H26N2O2Si/c1-12(2)9-8-11-7-5-6-10-15(13-3)14-4/h11,15H,5-10H2,1-4H3. The summed E-state index contributed by atoms with van der Waals surface area (Å²) in [6.45, 7) is 3.28. The fourth-order valence-corrected chi connectivity index (χ4v) is 2.61.